The van der Waals surface area contributed by atoms with Crippen molar-refractivity contribution in [2.45, 2.75) is 38.6 Å². The van der Waals surface area contributed by atoms with E-state index in [4.69, 9.17) is 9.47 Å². The van der Waals surface area contributed by atoms with E-state index in [0.29, 0.717) is 18.8 Å². The first kappa shape index (κ1) is 18.3. The molecule has 6 heteroatoms. The van der Waals surface area contributed by atoms with Crippen molar-refractivity contribution in [3.8, 4) is 11.5 Å². The first-order valence-corrected chi connectivity index (χ1v) is 9.82. The average Bonchev–Trinajstić information content (AvgIpc) is 3.21. The maximum Gasteiger partial charge on any atom is 0.269 e. The van der Waals surface area contributed by atoms with Crippen LogP contribution in [0.2, 0.25) is 0 Å². The number of benzene rings is 1. The van der Waals surface area contributed by atoms with Gasteiger partial charge in [0.1, 0.15) is 5.69 Å². The standard InChI is InChI=1S/C22H25N3O3/c26-22(23-11-10-16-4-2-1-3-5-16)19-8-7-18(14-25-19)24-13-17-6-9-20-21(12-17)28-15-27-20/h4,6-9,12,14,24H,1-3,5,10-11,13,15H2,(H,23,26). The Morgan fingerprint density at radius 2 is 2.04 bits per heavy atom. The monoisotopic (exact) mass is 379 g/mol. The molecule has 0 bridgehead atoms. The Kier molecular flexibility index (Phi) is 5.75. The third kappa shape index (κ3) is 4.63. The number of pyridine rings is 1. The second kappa shape index (κ2) is 8.78. The lowest BCUT2D eigenvalue weighted by Crippen LogP contribution is -2.25. The number of nitrogens with one attached hydrogen (secondary N) is 2. The van der Waals surface area contributed by atoms with Crippen LogP contribution in [0.25, 0.3) is 0 Å². The maximum atomic E-state index is 12.2. The third-order valence-corrected chi connectivity index (χ3v) is 5.05. The number of anilines is 1. The highest BCUT2D eigenvalue weighted by molar-refractivity contribution is 5.92. The summed E-state index contributed by atoms with van der Waals surface area (Å²) in [5.41, 5.74) is 3.85. The van der Waals surface area contributed by atoms with Gasteiger partial charge in [-0.1, -0.05) is 17.7 Å². The molecule has 28 heavy (non-hydrogen) atoms. The van der Waals surface area contributed by atoms with Crippen LogP contribution in [0.1, 0.15) is 48.2 Å². The molecule has 146 valence electrons. The predicted molar refractivity (Wildman–Crippen MR) is 108 cm³/mol. The quantitative estimate of drug-likeness (QED) is 0.710. The molecule has 1 aromatic heterocycles. The molecule has 1 amide bonds. The first-order chi connectivity index (χ1) is 13.8. The van der Waals surface area contributed by atoms with Gasteiger partial charge in [-0.3, -0.25) is 4.79 Å². The van der Waals surface area contributed by atoms with Crippen LogP contribution in [-0.2, 0) is 6.54 Å². The van der Waals surface area contributed by atoms with E-state index in [0.717, 1.165) is 35.6 Å². The number of hydrogen-bond donors (Lipinski definition) is 2. The topological polar surface area (TPSA) is 72.5 Å². The Bertz CT molecular complexity index is 862. The molecule has 1 aromatic carbocycles. The normalized spacial score (nSPS) is 15.1. The molecule has 0 atom stereocenters. The summed E-state index contributed by atoms with van der Waals surface area (Å²) in [6.45, 7) is 1.58. The molecule has 1 aliphatic heterocycles. The van der Waals surface area contributed by atoms with Crippen LogP contribution in [0.4, 0.5) is 5.69 Å². The fourth-order valence-corrected chi connectivity index (χ4v) is 3.45. The van der Waals surface area contributed by atoms with Gasteiger partial charge in [-0.05, 0) is 61.9 Å². The van der Waals surface area contributed by atoms with Crippen molar-refractivity contribution in [1.82, 2.24) is 10.3 Å². The molecule has 0 saturated carbocycles. The van der Waals surface area contributed by atoms with Crippen LogP contribution in [0.15, 0.2) is 48.2 Å². The van der Waals surface area contributed by atoms with Crippen LogP contribution in [0.3, 0.4) is 0 Å². The maximum absolute atomic E-state index is 12.2. The second-order valence-electron chi connectivity index (χ2n) is 7.09. The van der Waals surface area contributed by atoms with Crippen LogP contribution < -0.4 is 20.1 Å². The van der Waals surface area contributed by atoms with E-state index in [1.807, 2.05) is 24.3 Å². The van der Waals surface area contributed by atoms with Crippen molar-refractivity contribution in [2.75, 3.05) is 18.7 Å². The molecule has 2 aromatic rings. The summed E-state index contributed by atoms with van der Waals surface area (Å²) >= 11 is 0. The second-order valence-corrected chi connectivity index (χ2v) is 7.09. The minimum atomic E-state index is -0.126. The van der Waals surface area contributed by atoms with E-state index in [-0.39, 0.29) is 12.7 Å². The summed E-state index contributed by atoms with van der Waals surface area (Å²) in [7, 11) is 0. The predicted octanol–water partition coefficient (Wildman–Crippen LogP) is 4.04. The molecular formula is C22H25N3O3. The van der Waals surface area contributed by atoms with Crippen molar-refractivity contribution >= 4 is 11.6 Å². The van der Waals surface area contributed by atoms with E-state index >= 15 is 0 Å². The van der Waals surface area contributed by atoms with Gasteiger partial charge in [0.25, 0.3) is 5.91 Å². The van der Waals surface area contributed by atoms with Gasteiger partial charge in [-0.25, -0.2) is 4.98 Å². The molecule has 0 spiro atoms. The number of rotatable bonds is 7. The van der Waals surface area contributed by atoms with Gasteiger partial charge in [0.15, 0.2) is 11.5 Å². The molecule has 4 rings (SSSR count). The molecule has 0 radical (unpaired) electrons. The van der Waals surface area contributed by atoms with E-state index in [9.17, 15) is 4.79 Å². The number of hydrogen-bond acceptors (Lipinski definition) is 5. The van der Waals surface area contributed by atoms with Gasteiger partial charge < -0.3 is 20.1 Å². The molecule has 2 N–H and O–H groups in total. The summed E-state index contributed by atoms with van der Waals surface area (Å²) in [5.74, 6) is 1.42. The van der Waals surface area contributed by atoms with Gasteiger partial charge >= 0.3 is 0 Å². The fourth-order valence-electron chi connectivity index (χ4n) is 3.45. The number of nitrogens with zero attached hydrogens (tertiary/aromatic N) is 1. The number of aromatic nitrogens is 1. The number of amides is 1. The van der Waals surface area contributed by atoms with E-state index < -0.39 is 0 Å². The molecule has 2 aliphatic rings. The minimum absolute atomic E-state index is 0.126. The van der Waals surface area contributed by atoms with Crippen molar-refractivity contribution in [3.05, 3.63) is 59.4 Å². The Labute approximate surface area is 165 Å². The highest BCUT2D eigenvalue weighted by Gasteiger charge is 2.13. The van der Waals surface area contributed by atoms with E-state index in [1.54, 1.807) is 12.3 Å². The van der Waals surface area contributed by atoms with E-state index in [1.165, 1.54) is 24.8 Å². The lowest BCUT2D eigenvalue weighted by molar-refractivity contribution is 0.0949. The molecule has 6 nitrogen and oxygen atoms in total. The first-order valence-electron chi connectivity index (χ1n) is 9.82. The average molecular weight is 379 g/mol. The summed E-state index contributed by atoms with van der Waals surface area (Å²) in [5, 5.41) is 6.27. The number of allylic oxidation sites excluding steroid dienone is 1. The summed E-state index contributed by atoms with van der Waals surface area (Å²) < 4.78 is 10.7. The number of fused-ring (bicyclic) bond motifs is 1. The number of carbonyl (C=O) groups is 1. The zero-order valence-electron chi connectivity index (χ0n) is 15.9. The molecule has 1 aliphatic carbocycles. The lowest BCUT2D eigenvalue weighted by Gasteiger charge is -2.13. The van der Waals surface area contributed by atoms with Crippen molar-refractivity contribution < 1.29 is 14.3 Å². The third-order valence-electron chi connectivity index (χ3n) is 5.05. The van der Waals surface area contributed by atoms with Crippen LogP contribution in [0.5, 0.6) is 11.5 Å². The summed E-state index contributed by atoms with van der Waals surface area (Å²) in [6, 6.07) is 9.49. The SMILES string of the molecule is O=C(NCCC1=CCCCC1)c1ccc(NCc2ccc3c(c2)OCO3)cn1. The summed E-state index contributed by atoms with van der Waals surface area (Å²) in [4.78, 5) is 16.5. The molecule has 0 saturated heterocycles. The Morgan fingerprint density at radius 1 is 1.11 bits per heavy atom. The van der Waals surface area contributed by atoms with Gasteiger partial charge in [0.05, 0.1) is 11.9 Å². The Balaban J connectivity index is 1.25. The highest BCUT2D eigenvalue weighted by atomic mass is 16.7. The van der Waals surface area contributed by atoms with Crippen molar-refractivity contribution in [2.24, 2.45) is 0 Å². The van der Waals surface area contributed by atoms with Gasteiger partial charge in [0, 0.05) is 13.1 Å². The Morgan fingerprint density at radius 3 is 2.86 bits per heavy atom. The van der Waals surface area contributed by atoms with Crippen molar-refractivity contribution in [3.63, 3.8) is 0 Å². The minimum Gasteiger partial charge on any atom is -0.454 e. The molecule has 0 fully saturated rings. The largest absolute Gasteiger partial charge is 0.454 e. The lowest BCUT2D eigenvalue weighted by atomic mass is 9.97. The molecular weight excluding hydrogens is 354 g/mol. The number of carbonyl (C=O) groups excluding carboxylic acids is 1. The van der Waals surface area contributed by atoms with Crippen LogP contribution in [-0.4, -0.2) is 24.2 Å². The van der Waals surface area contributed by atoms with Crippen molar-refractivity contribution in [1.29, 1.82) is 0 Å². The van der Waals surface area contributed by atoms with Gasteiger partial charge in [-0.15, -0.1) is 0 Å². The van der Waals surface area contributed by atoms with Gasteiger partial charge in [0.2, 0.25) is 6.79 Å². The zero-order chi connectivity index (χ0) is 19.2. The fraction of sp³-hybridized carbons (Fsp3) is 0.364. The highest BCUT2D eigenvalue weighted by Crippen LogP contribution is 2.32. The number of ether oxygens (including phenoxy) is 2. The van der Waals surface area contributed by atoms with E-state index in [2.05, 4.69) is 21.7 Å². The molecule has 0 unspecified atom stereocenters. The van der Waals surface area contributed by atoms with Gasteiger partial charge in [-0.2, -0.15) is 0 Å². The smallest absolute Gasteiger partial charge is 0.269 e. The zero-order valence-corrected chi connectivity index (χ0v) is 15.9. The Hall–Kier alpha value is -3.02. The van der Waals surface area contributed by atoms with Crippen LogP contribution >= 0.6 is 0 Å². The summed E-state index contributed by atoms with van der Waals surface area (Å²) in [6.07, 6.45) is 9.82. The molecule has 2 heterocycles. The van der Waals surface area contributed by atoms with Crippen LogP contribution in [0, 0.1) is 0 Å².